The first-order chi connectivity index (χ1) is 27.7. The van der Waals surface area contributed by atoms with E-state index in [1.807, 2.05) is 71.8 Å². The van der Waals surface area contributed by atoms with Gasteiger partial charge in [-0.15, -0.1) is 0 Å². The average molecular weight is 775 g/mol. The Morgan fingerprint density at radius 1 is 0.649 bits per heavy atom. The number of likely N-dealkylation sites (N-methyl/N-ethyl adjacent to an activating group) is 1. The molecular weight excluding hydrogens is 725 g/mol. The molecule has 6 aromatic rings. The van der Waals surface area contributed by atoms with E-state index >= 15 is 0 Å². The van der Waals surface area contributed by atoms with Gasteiger partial charge in [-0.25, -0.2) is 19.9 Å². The fourth-order valence-corrected chi connectivity index (χ4v) is 9.21. The maximum Gasteiger partial charge on any atom is 0.143 e. The van der Waals surface area contributed by atoms with E-state index in [-0.39, 0.29) is 12.1 Å². The molecule has 4 aliphatic rings. The first-order valence-corrected chi connectivity index (χ1v) is 19.9. The van der Waals surface area contributed by atoms with E-state index in [9.17, 15) is 20.4 Å². The van der Waals surface area contributed by atoms with Gasteiger partial charge in [0.25, 0.3) is 0 Å². The molecule has 0 bridgehead atoms. The molecule has 2 aliphatic carbocycles. The molecule has 0 radical (unpaired) electrons. The molecule has 0 unspecified atom stereocenters. The fraction of sp³-hybridized carbons (Fsp3) is 0.442. The standard InChI is InChI=1S/C22H26N4O3.C21H24N4O3/c1-13-15-7-9-26(22(15)24-12-23-13)17-10-19(21(28)20(17)27)29-18-5-3-4-14-11-25(2)8-6-16(14)18;1-12-14-6-8-25(21(14)24-11-23-12)16-9-18(20(27)19(16)26)28-17-4-2-3-13-10-22-7-5-15(13)17/h3-5,7,9,12,17,19-21,27-28H,6,8,10-11H2,1-2H3;2-4,6,8,11,16,18-20,22,26-27H,5,7,9-10H2,1H3/t17-,19+,20+,21-;16-,18+,19+,20-/m11/s1. The third kappa shape index (κ3) is 6.94. The minimum atomic E-state index is -0.956. The van der Waals surface area contributed by atoms with Gasteiger partial charge in [-0.3, -0.25) is 0 Å². The third-order valence-electron chi connectivity index (χ3n) is 12.4. The van der Waals surface area contributed by atoms with E-state index in [1.54, 1.807) is 0 Å². The number of aryl methyl sites for hydroxylation is 2. The SMILES string of the molecule is Cc1ncnc2c1ccn2[C@@H]1C[C@H](Oc2cccc3c2CCN(C)C3)[C@@H](O)[C@H]1O.Cc1ncnc2c1ccn2[C@@H]1C[C@H](Oc2cccc3c2CCNC3)[C@@H](O)[C@H]1O. The van der Waals surface area contributed by atoms with Crippen LogP contribution in [0, 0.1) is 13.8 Å². The van der Waals surface area contributed by atoms with Gasteiger partial charge in [0.05, 0.1) is 23.5 Å². The Bertz CT molecular complexity index is 2400. The smallest absolute Gasteiger partial charge is 0.143 e. The number of aliphatic hydroxyl groups is 4. The molecule has 2 saturated carbocycles. The molecule has 57 heavy (non-hydrogen) atoms. The number of hydrogen-bond donors (Lipinski definition) is 5. The van der Waals surface area contributed by atoms with Crippen LogP contribution in [0.25, 0.3) is 22.1 Å². The summed E-state index contributed by atoms with van der Waals surface area (Å²) in [7, 11) is 2.12. The van der Waals surface area contributed by atoms with Crippen molar-refractivity contribution in [2.75, 3.05) is 20.1 Å². The highest BCUT2D eigenvalue weighted by atomic mass is 16.5. The number of hydrogen-bond acceptors (Lipinski definition) is 12. The Morgan fingerprint density at radius 3 is 1.74 bits per heavy atom. The molecule has 4 aromatic heterocycles. The molecule has 298 valence electrons. The van der Waals surface area contributed by atoms with Crippen LogP contribution in [0.15, 0.2) is 73.6 Å². The summed E-state index contributed by atoms with van der Waals surface area (Å²) in [6.45, 7) is 7.52. The zero-order chi connectivity index (χ0) is 39.4. The Kier molecular flexibility index (Phi) is 10.2. The van der Waals surface area contributed by atoms with Crippen molar-refractivity contribution in [1.82, 2.24) is 39.3 Å². The molecule has 10 rings (SSSR count). The van der Waals surface area contributed by atoms with Crippen molar-refractivity contribution < 1.29 is 29.9 Å². The van der Waals surface area contributed by atoms with Crippen LogP contribution in [0.1, 0.15) is 58.6 Å². The lowest BCUT2D eigenvalue weighted by Crippen LogP contribution is -2.34. The highest BCUT2D eigenvalue weighted by molar-refractivity contribution is 5.79. The number of aromatic nitrogens is 6. The van der Waals surface area contributed by atoms with Crippen molar-refractivity contribution in [2.45, 2.75) is 101 Å². The summed E-state index contributed by atoms with van der Waals surface area (Å²) < 4.78 is 16.4. The second-order valence-corrected chi connectivity index (χ2v) is 15.9. The minimum absolute atomic E-state index is 0.298. The van der Waals surface area contributed by atoms with Crippen molar-refractivity contribution >= 4 is 22.1 Å². The maximum atomic E-state index is 10.8. The van der Waals surface area contributed by atoms with Crippen molar-refractivity contribution in [3.05, 3.63) is 107 Å². The molecule has 2 fully saturated rings. The van der Waals surface area contributed by atoms with Crippen LogP contribution in [0.4, 0.5) is 0 Å². The van der Waals surface area contributed by atoms with Gasteiger partial charge >= 0.3 is 0 Å². The Balaban J connectivity index is 0.000000148. The van der Waals surface area contributed by atoms with Crippen molar-refractivity contribution in [3.63, 3.8) is 0 Å². The lowest BCUT2D eigenvalue weighted by molar-refractivity contribution is -0.0166. The minimum Gasteiger partial charge on any atom is -0.487 e. The van der Waals surface area contributed by atoms with E-state index in [0.29, 0.717) is 12.8 Å². The van der Waals surface area contributed by atoms with Crippen LogP contribution in [0.5, 0.6) is 11.5 Å². The lowest BCUT2D eigenvalue weighted by Gasteiger charge is -2.28. The van der Waals surface area contributed by atoms with Crippen molar-refractivity contribution in [3.8, 4) is 11.5 Å². The fourth-order valence-electron chi connectivity index (χ4n) is 9.21. The predicted octanol–water partition coefficient (Wildman–Crippen LogP) is 3.34. The molecule has 0 spiro atoms. The highest BCUT2D eigenvalue weighted by Gasteiger charge is 2.46. The first-order valence-electron chi connectivity index (χ1n) is 19.9. The van der Waals surface area contributed by atoms with Crippen LogP contribution in [0.3, 0.4) is 0 Å². The average Bonchev–Trinajstić information content (AvgIpc) is 3.98. The highest BCUT2D eigenvalue weighted by Crippen LogP contribution is 2.39. The van der Waals surface area contributed by atoms with Crippen LogP contribution in [0.2, 0.25) is 0 Å². The molecular formula is C43H50N8O6. The molecule has 2 aliphatic heterocycles. The second kappa shape index (κ2) is 15.4. The number of nitrogens with one attached hydrogen (secondary N) is 1. The molecule has 0 amide bonds. The number of fused-ring (bicyclic) bond motifs is 4. The van der Waals surface area contributed by atoms with Crippen LogP contribution < -0.4 is 14.8 Å². The zero-order valence-electron chi connectivity index (χ0n) is 32.4. The number of nitrogens with zero attached hydrogens (tertiary/aromatic N) is 7. The van der Waals surface area contributed by atoms with Crippen LogP contribution >= 0.6 is 0 Å². The van der Waals surface area contributed by atoms with E-state index in [2.05, 4.69) is 49.3 Å². The zero-order valence-corrected chi connectivity index (χ0v) is 32.4. The summed E-state index contributed by atoms with van der Waals surface area (Å²) in [5.74, 6) is 1.63. The molecule has 8 atom stereocenters. The largest absolute Gasteiger partial charge is 0.487 e. The number of benzene rings is 2. The lowest BCUT2D eigenvalue weighted by atomic mass is 9.99. The summed E-state index contributed by atoms with van der Waals surface area (Å²) in [5.41, 5.74) is 8.25. The maximum absolute atomic E-state index is 10.8. The monoisotopic (exact) mass is 774 g/mol. The van der Waals surface area contributed by atoms with E-state index in [0.717, 1.165) is 84.0 Å². The predicted molar refractivity (Wildman–Crippen MR) is 213 cm³/mol. The number of aliphatic hydroxyl groups excluding tert-OH is 4. The quantitative estimate of drug-likeness (QED) is 0.167. The van der Waals surface area contributed by atoms with Crippen molar-refractivity contribution in [1.29, 1.82) is 0 Å². The van der Waals surface area contributed by atoms with Gasteiger partial charge < -0.3 is 49.3 Å². The van der Waals surface area contributed by atoms with E-state index in [4.69, 9.17) is 9.47 Å². The van der Waals surface area contributed by atoms with Crippen molar-refractivity contribution in [2.24, 2.45) is 0 Å². The molecule has 0 saturated heterocycles. The van der Waals surface area contributed by atoms with Gasteiger partial charge in [-0.05, 0) is 86.8 Å². The van der Waals surface area contributed by atoms with E-state index in [1.165, 1.54) is 34.9 Å². The third-order valence-corrected chi connectivity index (χ3v) is 12.4. The Hall–Kier alpha value is -4.96. The number of ether oxygens (including phenoxy) is 2. The summed E-state index contributed by atoms with van der Waals surface area (Å²) in [4.78, 5) is 19.5. The van der Waals surface area contributed by atoms with Gasteiger partial charge in [-0.2, -0.15) is 0 Å². The summed E-state index contributed by atoms with van der Waals surface area (Å²) >= 11 is 0. The molecule has 5 N–H and O–H groups in total. The van der Waals surface area contributed by atoms with Gasteiger partial charge in [0.2, 0.25) is 0 Å². The molecule has 14 heteroatoms. The normalized spacial score (nSPS) is 27.2. The second-order valence-electron chi connectivity index (χ2n) is 15.9. The van der Waals surface area contributed by atoms with Gasteiger partial charge in [0.1, 0.15) is 72.1 Å². The Labute approximate surface area is 330 Å². The van der Waals surface area contributed by atoms with Gasteiger partial charge in [0.15, 0.2) is 0 Å². The number of rotatable bonds is 6. The summed E-state index contributed by atoms with van der Waals surface area (Å²) in [6, 6.07) is 15.5. The van der Waals surface area contributed by atoms with Gasteiger partial charge in [-0.1, -0.05) is 24.3 Å². The molecule has 2 aromatic carbocycles. The van der Waals surface area contributed by atoms with Gasteiger partial charge in [0, 0.05) is 55.6 Å². The van der Waals surface area contributed by atoms with Crippen LogP contribution in [-0.2, 0) is 25.9 Å². The Morgan fingerprint density at radius 2 is 1.18 bits per heavy atom. The molecule has 14 nitrogen and oxygen atoms in total. The topological polar surface area (TPSA) is 176 Å². The molecule has 6 heterocycles. The van der Waals surface area contributed by atoms with E-state index < -0.39 is 36.6 Å². The first kappa shape index (κ1) is 37.6. The van der Waals surface area contributed by atoms with Crippen LogP contribution in [-0.4, -0.2) is 111 Å². The summed E-state index contributed by atoms with van der Waals surface area (Å²) in [6.07, 6.45) is 5.05. The summed E-state index contributed by atoms with van der Waals surface area (Å²) in [5, 5.41) is 48.2.